The monoisotopic (exact) mass is 387 g/mol. The van der Waals surface area contributed by atoms with Gasteiger partial charge in [0, 0.05) is 49.0 Å². The number of hydrogen-bond donors (Lipinski definition) is 1. The molecule has 1 saturated heterocycles. The number of halogens is 1. The number of likely N-dealkylation sites (N-methyl/N-ethyl adjacent to an activating group) is 1. The third-order valence-corrected chi connectivity index (χ3v) is 4.90. The molecule has 1 amide bonds. The van der Waals surface area contributed by atoms with E-state index in [1.54, 1.807) is 12.1 Å². The Kier molecular flexibility index (Phi) is 6.96. The third kappa shape index (κ3) is 6.15. The Labute approximate surface area is 165 Å². The number of carbonyl (C=O) groups is 1. The number of benzene rings is 2. The fraction of sp³-hybridized carbons (Fsp3) is 0.381. The second-order valence-electron chi connectivity index (χ2n) is 6.79. The highest BCUT2D eigenvalue weighted by Gasteiger charge is 2.14. The number of nitrogens with one attached hydrogen (secondary N) is 1. The summed E-state index contributed by atoms with van der Waals surface area (Å²) in [5.74, 6) is 0.765. The van der Waals surface area contributed by atoms with Crippen molar-refractivity contribution >= 4 is 28.9 Å². The largest absolute Gasteiger partial charge is 0.494 e. The summed E-state index contributed by atoms with van der Waals surface area (Å²) in [5.41, 5.74) is 2.04. The molecule has 3 rings (SSSR count). The maximum absolute atomic E-state index is 12.1. The van der Waals surface area contributed by atoms with E-state index >= 15 is 0 Å². The predicted octanol–water partition coefficient (Wildman–Crippen LogP) is 3.89. The van der Waals surface area contributed by atoms with Crippen molar-refractivity contribution in [2.75, 3.05) is 50.1 Å². The first kappa shape index (κ1) is 19.5. The molecule has 1 fully saturated rings. The molecule has 6 heteroatoms. The van der Waals surface area contributed by atoms with Gasteiger partial charge in [-0.3, -0.25) is 4.79 Å². The Morgan fingerprint density at radius 1 is 1.04 bits per heavy atom. The van der Waals surface area contributed by atoms with Crippen molar-refractivity contribution in [3.05, 3.63) is 53.6 Å². The average Bonchev–Trinajstić information content (AvgIpc) is 2.68. The van der Waals surface area contributed by atoms with Crippen LogP contribution in [0.1, 0.15) is 12.8 Å². The van der Waals surface area contributed by atoms with Gasteiger partial charge in [0.1, 0.15) is 5.75 Å². The zero-order valence-corrected chi connectivity index (χ0v) is 16.4. The van der Waals surface area contributed by atoms with Gasteiger partial charge in [-0.05, 0) is 62.0 Å². The van der Waals surface area contributed by atoms with Crippen LogP contribution in [0.25, 0.3) is 0 Å². The number of piperazine rings is 1. The average molecular weight is 388 g/mol. The van der Waals surface area contributed by atoms with Crippen LogP contribution in [-0.2, 0) is 4.79 Å². The lowest BCUT2D eigenvalue weighted by atomic mass is 10.2. The second-order valence-corrected chi connectivity index (χ2v) is 7.23. The lowest BCUT2D eigenvalue weighted by Gasteiger charge is -2.34. The van der Waals surface area contributed by atoms with Gasteiger partial charge >= 0.3 is 0 Å². The van der Waals surface area contributed by atoms with Gasteiger partial charge in [-0.2, -0.15) is 0 Å². The number of carbonyl (C=O) groups excluding carboxylic acids is 1. The smallest absolute Gasteiger partial charge is 0.224 e. The summed E-state index contributed by atoms with van der Waals surface area (Å²) in [4.78, 5) is 16.8. The molecule has 0 saturated carbocycles. The summed E-state index contributed by atoms with van der Waals surface area (Å²) in [7, 11) is 2.15. The lowest BCUT2D eigenvalue weighted by molar-refractivity contribution is -0.116. The van der Waals surface area contributed by atoms with Gasteiger partial charge in [-0.15, -0.1) is 0 Å². The quantitative estimate of drug-likeness (QED) is 0.732. The number of rotatable bonds is 7. The van der Waals surface area contributed by atoms with Crippen LogP contribution in [0.5, 0.6) is 5.75 Å². The van der Waals surface area contributed by atoms with Crippen LogP contribution in [0.15, 0.2) is 48.5 Å². The molecular weight excluding hydrogens is 362 g/mol. The van der Waals surface area contributed by atoms with Crippen LogP contribution in [-0.4, -0.2) is 50.6 Å². The van der Waals surface area contributed by atoms with E-state index in [1.165, 1.54) is 5.69 Å². The SMILES string of the molecule is CN1CCN(c2ccc(NC(=O)CCCOc3ccc(Cl)cc3)cc2)CC1. The first-order chi connectivity index (χ1) is 13.1. The van der Waals surface area contributed by atoms with Gasteiger partial charge < -0.3 is 19.9 Å². The van der Waals surface area contributed by atoms with Crippen molar-refractivity contribution in [1.29, 1.82) is 0 Å². The van der Waals surface area contributed by atoms with E-state index < -0.39 is 0 Å². The summed E-state index contributed by atoms with van der Waals surface area (Å²) < 4.78 is 5.60. The van der Waals surface area contributed by atoms with E-state index in [0.29, 0.717) is 24.5 Å². The van der Waals surface area contributed by atoms with E-state index in [9.17, 15) is 4.79 Å². The molecule has 0 spiro atoms. The Bertz CT molecular complexity index is 726. The first-order valence-corrected chi connectivity index (χ1v) is 9.70. The maximum atomic E-state index is 12.1. The summed E-state index contributed by atoms with van der Waals surface area (Å²) >= 11 is 5.84. The van der Waals surface area contributed by atoms with Crippen molar-refractivity contribution < 1.29 is 9.53 Å². The Hall–Kier alpha value is -2.24. The van der Waals surface area contributed by atoms with E-state index in [-0.39, 0.29) is 5.91 Å². The van der Waals surface area contributed by atoms with Crippen molar-refractivity contribution in [3.63, 3.8) is 0 Å². The van der Waals surface area contributed by atoms with Crippen LogP contribution in [0.3, 0.4) is 0 Å². The summed E-state index contributed by atoms with van der Waals surface area (Å²) in [6, 6.07) is 15.3. The zero-order valence-electron chi connectivity index (χ0n) is 15.7. The molecule has 0 unspecified atom stereocenters. The van der Waals surface area contributed by atoms with Gasteiger partial charge in [-0.25, -0.2) is 0 Å². The molecule has 2 aromatic carbocycles. The molecule has 0 atom stereocenters. The molecule has 0 bridgehead atoms. The second kappa shape index (κ2) is 9.62. The van der Waals surface area contributed by atoms with Crippen LogP contribution in [0, 0.1) is 0 Å². The molecule has 0 aliphatic carbocycles. The van der Waals surface area contributed by atoms with E-state index in [4.69, 9.17) is 16.3 Å². The van der Waals surface area contributed by atoms with Crippen molar-refractivity contribution in [3.8, 4) is 5.75 Å². The van der Waals surface area contributed by atoms with Crippen LogP contribution >= 0.6 is 11.6 Å². The third-order valence-electron chi connectivity index (χ3n) is 4.65. The summed E-state index contributed by atoms with van der Waals surface area (Å²) in [5, 5.41) is 3.63. The lowest BCUT2D eigenvalue weighted by Crippen LogP contribution is -2.44. The number of amides is 1. The molecule has 0 aromatic heterocycles. The molecule has 2 aromatic rings. The predicted molar refractivity (Wildman–Crippen MR) is 111 cm³/mol. The highest BCUT2D eigenvalue weighted by atomic mass is 35.5. The minimum Gasteiger partial charge on any atom is -0.494 e. The number of ether oxygens (including phenoxy) is 1. The summed E-state index contributed by atoms with van der Waals surface area (Å²) in [6.45, 7) is 4.73. The molecule has 0 radical (unpaired) electrons. The number of hydrogen-bond acceptors (Lipinski definition) is 4. The zero-order chi connectivity index (χ0) is 19.1. The number of anilines is 2. The topological polar surface area (TPSA) is 44.8 Å². The minimum atomic E-state index is 0.00190. The Morgan fingerprint density at radius 3 is 2.37 bits per heavy atom. The fourth-order valence-electron chi connectivity index (χ4n) is 3.00. The van der Waals surface area contributed by atoms with Gasteiger partial charge in [0.05, 0.1) is 6.61 Å². The Balaban J connectivity index is 1.38. The highest BCUT2D eigenvalue weighted by molar-refractivity contribution is 6.30. The molecule has 5 nitrogen and oxygen atoms in total. The fourth-order valence-corrected chi connectivity index (χ4v) is 3.12. The van der Waals surface area contributed by atoms with Crippen LogP contribution in [0.4, 0.5) is 11.4 Å². The van der Waals surface area contributed by atoms with Crippen molar-refractivity contribution in [2.45, 2.75) is 12.8 Å². The van der Waals surface area contributed by atoms with Crippen LogP contribution in [0.2, 0.25) is 5.02 Å². The van der Waals surface area contributed by atoms with Crippen molar-refractivity contribution in [1.82, 2.24) is 4.90 Å². The first-order valence-electron chi connectivity index (χ1n) is 9.32. The van der Waals surface area contributed by atoms with E-state index in [2.05, 4.69) is 34.3 Å². The normalized spacial score (nSPS) is 14.8. The summed E-state index contributed by atoms with van der Waals surface area (Å²) in [6.07, 6.45) is 1.08. The van der Waals surface area contributed by atoms with E-state index in [1.807, 2.05) is 24.3 Å². The van der Waals surface area contributed by atoms with Crippen molar-refractivity contribution in [2.24, 2.45) is 0 Å². The molecule has 1 N–H and O–H groups in total. The standard InChI is InChI=1S/C21H26ClN3O2/c1-24-12-14-25(15-13-24)19-8-6-18(7-9-19)23-21(26)3-2-16-27-20-10-4-17(22)5-11-20/h4-11H,2-3,12-16H2,1H3,(H,23,26). The Morgan fingerprint density at radius 2 is 1.70 bits per heavy atom. The molecule has 144 valence electrons. The molecule has 1 aliphatic rings. The maximum Gasteiger partial charge on any atom is 0.224 e. The van der Waals surface area contributed by atoms with Gasteiger partial charge in [-0.1, -0.05) is 11.6 Å². The van der Waals surface area contributed by atoms with Gasteiger partial charge in [0.25, 0.3) is 0 Å². The highest BCUT2D eigenvalue weighted by Crippen LogP contribution is 2.20. The molecule has 1 aliphatic heterocycles. The minimum absolute atomic E-state index is 0.00190. The van der Waals surface area contributed by atoms with E-state index in [0.717, 1.165) is 37.6 Å². The molecule has 27 heavy (non-hydrogen) atoms. The molecule has 1 heterocycles. The van der Waals surface area contributed by atoms with Gasteiger partial charge in [0.2, 0.25) is 5.91 Å². The molecular formula is C21H26ClN3O2. The van der Waals surface area contributed by atoms with Crippen LogP contribution < -0.4 is 15.0 Å². The number of nitrogens with zero attached hydrogens (tertiary/aromatic N) is 2. The van der Waals surface area contributed by atoms with Gasteiger partial charge in [0.15, 0.2) is 0 Å².